The van der Waals surface area contributed by atoms with Crippen LogP contribution in [0.1, 0.15) is 22.8 Å². The van der Waals surface area contributed by atoms with Gasteiger partial charge in [-0.05, 0) is 130 Å². The standard InChI is InChI=1S/C53H39IN4O10/c54-22-5-23-65-35-10-1-6-31(24-35)50-39-14-16-41(55-39)51(32-7-2-11-36(25-32)66-28-47(59)60)43-18-20-45(57-43)53(34-9-4-13-38(27-34)68-30-49(63)64)46-21-19-44(58-46)52(42-17-15-40(50)56-42)33-8-3-12-37(26-33)67-29-48(61)62/h1-22,24-27,55,58H,23,28-30H2,(H,59,60)(H,61,62)(H,63,64)/b22-5+,50-39?,50-40?,51-41?,51-43?,52-42?,52-44?,53-45?,53-46?/i54+4. The number of hydrogen-bond acceptors (Lipinski definition) is 9. The van der Waals surface area contributed by atoms with Gasteiger partial charge in [0, 0.05) is 44.3 Å². The molecular formula is C53H39IN4O10. The van der Waals surface area contributed by atoms with Crippen LogP contribution in [-0.2, 0) is 14.4 Å². The van der Waals surface area contributed by atoms with E-state index in [2.05, 4.69) is 32.6 Å². The van der Waals surface area contributed by atoms with E-state index in [0.717, 1.165) is 16.6 Å². The summed E-state index contributed by atoms with van der Waals surface area (Å²) in [4.78, 5) is 52.5. The van der Waals surface area contributed by atoms with Crippen molar-refractivity contribution in [1.29, 1.82) is 0 Å². The Hall–Kier alpha value is -8.44. The molecule has 15 heteroatoms. The van der Waals surface area contributed by atoms with Gasteiger partial charge in [-0.3, -0.25) is 0 Å². The molecule has 7 aromatic rings. The number of ether oxygens (including phenoxy) is 4. The van der Waals surface area contributed by atoms with Gasteiger partial charge in [-0.1, -0.05) is 71.1 Å². The van der Waals surface area contributed by atoms with E-state index < -0.39 is 37.7 Å². The number of nitrogens with one attached hydrogen (secondary N) is 2. The molecule has 2 aliphatic rings. The van der Waals surface area contributed by atoms with Gasteiger partial charge in [0.25, 0.3) is 0 Å². The smallest absolute Gasteiger partial charge is 0.341 e. The molecule has 0 saturated carbocycles. The molecule has 0 aliphatic carbocycles. The quantitative estimate of drug-likeness (QED) is 0.0573. The number of benzene rings is 4. The Morgan fingerprint density at radius 3 is 1.03 bits per heavy atom. The minimum absolute atomic E-state index is 0.341. The molecule has 5 heterocycles. The van der Waals surface area contributed by atoms with Crippen molar-refractivity contribution in [3.8, 4) is 67.5 Å². The molecule has 0 unspecified atom stereocenters. The van der Waals surface area contributed by atoms with Crippen molar-refractivity contribution in [3.05, 3.63) is 154 Å². The summed E-state index contributed by atoms with van der Waals surface area (Å²) in [6, 6.07) is 37.0. The molecular weight excluding hydrogens is 984 g/mol. The Bertz CT molecular complexity index is 3330. The number of hydrogen-bond donors (Lipinski definition) is 5. The summed E-state index contributed by atoms with van der Waals surface area (Å²) in [7, 11) is 0. The van der Waals surface area contributed by atoms with E-state index in [4.69, 9.17) is 28.9 Å². The van der Waals surface area contributed by atoms with Crippen LogP contribution in [0.4, 0.5) is 0 Å². The first-order chi connectivity index (χ1) is 33.1. The summed E-state index contributed by atoms with van der Waals surface area (Å²) in [5.41, 5.74) is 10.8. The Kier molecular flexibility index (Phi) is 13.1. The van der Waals surface area contributed by atoms with E-state index in [1.54, 1.807) is 54.6 Å². The monoisotopic (exact) mass is 1020 g/mol. The zero-order valence-electron chi connectivity index (χ0n) is 35.8. The minimum Gasteiger partial charge on any atom is -0.489 e. The van der Waals surface area contributed by atoms with E-state index in [0.29, 0.717) is 102 Å². The Morgan fingerprint density at radius 1 is 0.456 bits per heavy atom. The van der Waals surface area contributed by atoms with E-state index in [-0.39, 0.29) is 0 Å². The second-order valence-electron chi connectivity index (χ2n) is 15.3. The van der Waals surface area contributed by atoms with Crippen molar-refractivity contribution in [2.75, 3.05) is 26.4 Å². The molecule has 0 saturated heterocycles. The average Bonchev–Trinajstić information content (AvgIpc) is 4.19. The fraction of sp³-hybridized carbons (Fsp3) is 0.0755. The van der Waals surface area contributed by atoms with Crippen LogP contribution in [0.3, 0.4) is 0 Å². The van der Waals surface area contributed by atoms with Gasteiger partial charge < -0.3 is 44.2 Å². The number of fused-ring (bicyclic) bond motifs is 8. The van der Waals surface area contributed by atoms with Crippen molar-refractivity contribution in [1.82, 2.24) is 19.9 Å². The van der Waals surface area contributed by atoms with E-state index >= 15 is 0 Å². The lowest BCUT2D eigenvalue weighted by atomic mass is 10.0. The van der Waals surface area contributed by atoms with Crippen molar-refractivity contribution in [3.63, 3.8) is 0 Å². The highest BCUT2D eigenvalue weighted by Crippen LogP contribution is 2.40. The van der Waals surface area contributed by atoms with Crippen molar-refractivity contribution >= 4 is 86.9 Å². The van der Waals surface area contributed by atoms with Crippen LogP contribution in [0.25, 0.3) is 90.9 Å². The normalized spacial score (nSPS) is 11.7. The lowest BCUT2D eigenvalue weighted by molar-refractivity contribution is -0.140. The van der Waals surface area contributed by atoms with Crippen LogP contribution < -0.4 is 18.9 Å². The Balaban J connectivity index is 1.39. The third-order valence-electron chi connectivity index (χ3n) is 10.8. The number of nitrogens with zero attached hydrogens (tertiary/aromatic N) is 2. The topological polar surface area (TPSA) is 206 Å². The van der Waals surface area contributed by atoms with E-state index in [1.165, 1.54) is 0 Å². The average molecular weight is 1020 g/mol. The fourth-order valence-corrected chi connectivity index (χ4v) is 8.21. The molecule has 9 rings (SSSR count). The number of carboxylic acid groups (broad SMARTS) is 3. The fourth-order valence-electron chi connectivity index (χ4n) is 8.00. The highest BCUT2D eigenvalue weighted by Gasteiger charge is 2.20. The van der Waals surface area contributed by atoms with Crippen LogP contribution in [0.2, 0.25) is 0 Å². The zero-order chi connectivity index (χ0) is 47.1. The second kappa shape index (κ2) is 20.0. The molecule has 4 aromatic carbocycles. The summed E-state index contributed by atoms with van der Waals surface area (Å²) < 4.78 is 24.9. The summed E-state index contributed by atoms with van der Waals surface area (Å²) >= 11 is 2.15. The number of carbonyl (C=O) groups is 3. The van der Waals surface area contributed by atoms with Gasteiger partial charge in [0.2, 0.25) is 0 Å². The van der Waals surface area contributed by atoms with Crippen molar-refractivity contribution in [2.24, 2.45) is 0 Å². The van der Waals surface area contributed by atoms with Gasteiger partial charge >= 0.3 is 17.9 Å². The van der Waals surface area contributed by atoms with Gasteiger partial charge in [0.05, 0.1) is 22.8 Å². The van der Waals surface area contributed by atoms with Gasteiger partial charge in [-0.25, -0.2) is 24.4 Å². The SMILES string of the molecule is O=C(O)COc1cccc(-c2c3nc(c(-c4cccc(OCC(=O)O)c4)c4ccc([nH]4)c(-c4cccc(OCC(=O)O)c4)c4nc(c(-c5cccc(OC/C=C/[131I])c5)c5ccc2[nH]5)C=C4)C=C3)c1. The molecule has 68 heavy (non-hydrogen) atoms. The third kappa shape index (κ3) is 10.0. The maximum absolute atomic E-state index is 11.5. The second-order valence-corrected chi connectivity index (χ2v) is 16.1. The predicted octanol–water partition coefficient (Wildman–Crippen LogP) is 11.0. The number of aromatic amines is 2. The summed E-state index contributed by atoms with van der Waals surface area (Å²) in [5, 5.41) is 28.3. The minimum atomic E-state index is -1.12. The molecule has 338 valence electrons. The van der Waals surface area contributed by atoms with Crippen LogP contribution >= 0.6 is 22.6 Å². The number of H-pyrrole nitrogens is 2. The van der Waals surface area contributed by atoms with Crippen LogP contribution in [0, 0.1) is 0 Å². The van der Waals surface area contributed by atoms with Gasteiger partial charge in [-0.2, -0.15) is 0 Å². The molecule has 0 spiro atoms. The first-order valence-corrected chi connectivity index (χ1v) is 22.3. The number of aliphatic carboxylic acids is 3. The number of carboxylic acids is 3. The lowest BCUT2D eigenvalue weighted by Gasteiger charge is -2.10. The molecule has 5 N–H and O–H groups in total. The predicted molar refractivity (Wildman–Crippen MR) is 269 cm³/mol. The number of rotatable bonds is 16. The molecule has 8 bridgehead atoms. The zero-order valence-corrected chi connectivity index (χ0v) is 38.0. The number of halogens is 1. The molecule has 2 aliphatic heterocycles. The lowest BCUT2D eigenvalue weighted by Crippen LogP contribution is -2.09. The molecule has 0 amide bonds. The Morgan fingerprint density at radius 2 is 0.750 bits per heavy atom. The van der Waals surface area contributed by atoms with Gasteiger partial charge in [0.15, 0.2) is 19.8 Å². The summed E-state index contributed by atoms with van der Waals surface area (Å²) in [6.45, 7) is -1.21. The molecule has 14 nitrogen and oxygen atoms in total. The summed E-state index contributed by atoms with van der Waals surface area (Å²) in [6.07, 6.45) is 9.60. The number of aromatic nitrogens is 4. The third-order valence-corrected chi connectivity index (χ3v) is 11.3. The molecule has 0 fully saturated rings. The first kappa shape index (κ1) is 44.7. The highest BCUT2D eigenvalue weighted by molar-refractivity contribution is 14.1. The molecule has 0 radical (unpaired) electrons. The maximum atomic E-state index is 11.5. The Labute approximate surface area is 401 Å². The molecule has 3 aromatic heterocycles. The summed E-state index contributed by atoms with van der Waals surface area (Å²) in [5.74, 6) is -1.62. The van der Waals surface area contributed by atoms with Crippen LogP contribution in [-0.4, -0.2) is 79.6 Å². The van der Waals surface area contributed by atoms with Crippen LogP contribution in [0.15, 0.2) is 131 Å². The van der Waals surface area contributed by atoms with E-state index in [9.17, 15) is 29.7 Å². The van der Waals surface area contributed by atoms with E-state index in [1.807, 2.05) is 101 Å². The van der Waals surface area contributed by atoms with Gasteiger partial charge in [0.1, 0.15) is 29.6 Å². The first-order valence-electron chi connectivity index (χ1n) is 21.1. The highest BCUT2D eigenvalue weighted by atomic mass is 131. The van der Waals surface area contributed by atoms with Crippen molar-refractivity contribution in [2.45, 2.75) is 0 Å². The van der Waals surface area contributed by atoms with Gasteiger partial charge in [-0.15, -0.1) is 0 Å². The van der Waals surface area contributed by atoms with Crippen LogP contribution in [0.5, 0.6) is 23.0 Å². The maximum Gasteiger partial charge on any atom is 0.341 e. The molecule has 0 atom stereocenters. The largest absolute Gasteiger partial charge is 0.489 e. The van der Waals surface area contributed by atoms with Crippen molar-refractivity contribution < 1.29 is 48.7 Å².